The van der Waals surface area contributed by atoms with Gasteiger partial charge in [-0.1, -0.05) is 12.8 Å². The van der Waals surface area contributed by atoms with Gasteiger partial charge in [0.2, 0.25) is 0 Å². The Morgan fingerprint density at radius 3 is 2.74 bits per heavy atom. The molecule has 1 aromatic heterocycles. The third-order valence-corrected chi connectivity index (χ3v) is 5.85. The van der Waals surface area contributed by atoms with Crippen molar-refractivity contribution in [3.05, 3.63) is 27.7 Å². The summed E-state index contributed by atoms with van der Waals surface area (Å²) in [4.78, 5) is 14.6. The van der Waals surface area contributed by atoms with Crippen LogP contribution in [0, 0.1) is 5.92 Å². The van der Waals surface area contributed by atoms with Crippen LogP contribution >= 0.6 is 0 Å². The summed E-state index contributed by atoms with van der Waals surface area (Å²) in [5.41, 5.74) is 2.36. The minimum absolute atomic E-state index is 0.0572. The smallest absolute Gasteiger partial charge is 0.267 e. The van der Waals surface area contributed by atoms with Crippen LogP contribution in [0.4, 0.5) is 0 Å². The van der Waals surface area contributed by atoms with Gasteiger partial charge < -0.3 is 5.11 Å². The maximum atomic E-state index is 12.2. The van der Waals surface area contributed by atoms with E-state index in [1.165, 1.54) is 19.3 Å². The Bertz CT molecular complexity index is 621. The predicted octanol–water partition coefficient (Wildman–Crippen LogP) is 1.36. The van der Waals surface area contributed by atoms with Gasteiger partial charge in [0, 0.05) is 31.1 Å². The van der Waals surface area contributed by atoms with E-state index in [0.29, 0.717) is 12.0 Å². The maximum Gasteiger partial charge on any atom is 0.267 e. The molecule has 1 aromatic rings. The molecule has 2 atom stereocenters. The van der Waals surface area contributed by atoms with Crippen molar-refractivity contribution in [1.82, 2.24) is 14.7 Å². The number of likely N-dealkylation sites (tertiary alicyclic amines) is 1. The van der Waals surface area contributed by atoms with Crippen LogP contribution < -0.4 is 5.56 Å². The first-order valence-corrected chi connectivity index (χ1v) is 9.23. The number of rotatable bonds is 3. The van der Waals surface area contributed by atoms with E-state index in [4.69, 9.17) is 0 Å². The van der Waals surface area contributed by atoms with E-state index >= 15 is 0 Å². The molecule has 4 rings (SSSR count). The van der Waals surface area contributed by atoms with E-state index in [0.717, 1.165) is 63.0 Å². The van der Waals surface area contributed by atoms with Crippen LogP contribution in [0.5, 0.6) is 0 Å². The molecule has 5 heteroatoms. The predicted molar refractivity (Wildman–Crippen MR) is 88.5 cm³/mol. The molecule has 0 radical (unpaired) electrons. The first kappa shape index (κ1) is 15.3. The second-order valence-corrected chi connectivity index (χ2v) is 7.58. The van der Waals surface area contributed by atoms with Crippen molar-refractivity contribution in [2.24, 2.45) is 5.92 Å². The topological polar surface area (TPSA) is 58.4 Å². The van der Waals surface area contributed by atoms with Gasteiger partial charge in [0.15, 0.2) is 0 Å². The van der Waals surface area contributed by atoms with Gasteiger partial charge in [-0.25, -0.2) is 4.68 Å². The Hall–Kier alpha value is -1.20. The number of aliphatic hydroxyl groups excluding tert-OH is 1. The zero-order valence-corrected chi connectivity index (χ0v) is 13.8. The number of hydrogen-bond donors (Lipinski definition) is 1. The van der Waals surface area contributed by atoms with E-state index in [2.05, 4.69) is 10.00 Å². The summed E-state index contributed by atoms with van der Waals surface area (Å²) < 4.78 is 1.68. The average Bonchev–Trinajstić information content (AvgIpc) is 2.52. The number of nitrogens with zero attached hydrogens (tertiary/aromatic N) is 3. The fourth-order valence-corrected chi connectivity index (χ4v) is 4.49. The average molecular weight is 317 g/mol. The minimum atomic E-state index is -0.158. The molecule has 0 aromatic carbocycles. The van der Waals surface area contributed by atoms with Crippen molar-refractivity contribution in [2.45, 2.75) is 70.1 Å². The van der Waals surface area contributed by atoms with Crippen LogP contribution in [0.2, 0.25) is 0 Å². The second-order valence-electron chi connectivity index (χ2n) is 7.58. The molecule has 126 valence electrons. The van der Waals surface area contributed by atoms with Crippen molar-refractivity contribution < 1.29 is 5.11 Å². The lowest BCUT2D eigenvalue weighted by Crippen LogP contribution is -2.58. The summed E-state index contributed by atoms with van der Waals surface area (Å²) in [5.74, 6) is 0.496. The highest BCUT2D eigenvalue weighted by Crippen LogP contribution is 2.29. The van der Waals surface area contributed by atoms with Crippen LogP contribution in [0.1, 0.15) is 49.8 Å². The molecular weight excluding hydrogens is 290 g/mol. The number of aliphatic hydroxyl groups is 1. The third-order valence-electron chi connectivity index (χ3n) is 5.85. The highest BCUT2D eigenvalue weighted by atomic mass is 16.3. The summed E-state index contributed by atoms with van der Waals surface area (Å²) in [5, 5.41) is 14.8. The summed E-state index contributed by atoms with van der Waals surface area (Å²) in [6.07, 6.45) is 8.68. The Labute approximate surface area is 137 Å². The molecule has 2 unspecified atom stereocenters. The fourth-order valence-electron chi connectivity index (χ4n) is 4.49. The van der Waals surface area contributed by atoms with Gasteiger partial charge in [-0.3, -0.25) is 9.69 Å². The molecule has 1 saturated carbocycles. The third kappa shape index (κ3) is 3.09. The van der Waals surface area contributed by atoms with Gasteiger partial charge >= 0.3 is 0 Å². The Morgan fingerprint density at radius 1 is 1.13 bits per heavy atom. The zero-order valence-electron chi connectivity index (χ0n) is 13.8. The lowest BCUT2D eigenvalue weighted by Gasteiger charge is -2.47. The van der Waals surface area contributed by atoms with Crippen molar-refractivity contribution >= 4 is 0 Å². The second kappa shape index (κ2) is 6.36. The highest BCUT2D eigenvalue weighted by molar-refractivity contribution is 5.20. The van der Waals surface area contributed by atoms with E-state index in [-0.39, 0.29) is 11.7 Å². The van der Waals surface area contributed by atoms with E-state index < -0.39 is 0 Å². The van der Waals surface area contributed by atoms with Gasteiger partial charge in [0.05, 0.1) is 18.3 Å². The van der Waals surface area contributed by atoms with E-state index in [1.807, 2.05) is 6.07 Å². The van der Waals surface area contributed by atoms with Crippen molar-refractivity contribution in [3.63, 3.8) is 0 Å². The summed E-state index contributed by atoms with van der Waals surface area (Å²) in [7, 11) is 0. The highest BCUT2D eigenvalue weighted by Gasteiger charge is 2.37. The quantitative estimate of drug-likeness (QED) is 0.914. The Morgan fingerprint density at radius 2 is 1.91 bits per heavy atom. The van der Waals surface area contributed by atoms with Gasteiger partial charge in [-0.15, -0.1) is 0 Å². The maximum absolute atomic E-state index is 12.2. The molecule has 2 fully saturated rings. The molecule has 23 heavy (non-hydrogen) atoms. The van der Waals surface area contributed by atoms with Crippen LogP contribution in [0.15, 0.2) is 10.9 Å². The first-order valence-electron chi connectivity index (χ1n) is 9.23. The molecule has 5 nitrogen and oxygen atoms in total. The Kier molecular flexibility index (Phi) is 4.24. The van der Waals surface area contributed by atoms with Crippen LogP contribution in [-0.4, -0.2) is 45.0 Å². The number of aryl methyl sites for hydroxylation is 2. The molecule has 2 heterocycles. The molecule has 3 aliphatic rings. The lowest BCUT2D eigenvalue weighted by molar-refractivity contribution is -0.0404. The molecular formula is C18H27N3O2. The van der Waals surface area contributed by atoms with Crippen molar-refractivity contribution in [1.29, 1.82) is 0 Å². The lowest BCUT2D eigenvalue weighted by atomic mass is 9.87. The number of hydrogen-bond acceptors (Lipinski definition) is 4. The van der Waals surface area contributed by atoms with Gasteiger partial charge in [0.1, 0.15) is 0 Å². The first-order chi connectivity index (χ1) is 11.2. The standard InChI is InChI=1S/C18H27N3O2/c22-17-8-4-3-7-16(17)20-10-13(11-20)12-21-18(23)9-14-5-1-2-6-15(14)19-21/h9,13,16-17,22H,1-8,10-12H2. The van der Waals surface area contributed by atoms with E-state index in [1.54, 1.807) is 4.68 Å². The fraction of sp³-hybridized carbons (Fsp3) is 0.778. The van der Waals surface area contributed by atoms with Crippen molar-refractivity contribution in [3.8, 4) is 0 Å². The molecule has 1 saturated heterocycles. The summed E-state index contributed by atoms with van der Waals surface area (Å²) in [6.45, 7) is 2.71. The van der Waals surface area contributed by atoms with Gasteiger partial charge in [-0.05, 0) is 44.1 Å². The molecule has 1 N–H and O–H groups in total. The molecule has 2 aliphatic carbocycles. The van der Waals surface area contributed by atoms with Crippen LogP contribution in [-0.2, 0) is 19.4 Å². The van der Waals surface area contributed by atoms with Crippen molar-refractivity contribution in [2.75, 3.05) is 13.1 Å². The minimum Gasteiger partial charge on any atom is -0.391 e. The van der Waals surface area contributed by atoms with Crippen LogP contribution in [0.3, 0.4) is 0 Å². The largest absolute Gasteiger partial charge is 0.391 e. The zero-order chi connectivity index (χ0) is 15.8. The van der Waals surface area contributed by atoms with Gasteiger partial charge in [-0.2, -0.15) is 5.10 Å². The van der Waals surface area contributed by atoms with E-state index in [9.17, 15) is 9.90 Å². The summed E-state index contributed by atoms with van der Waals surface area (Å²) in [6, 6.07) is 2.15. The Balaban J connectivity index is 1.38. The van der Waals surface area contributed by atoms with Gasteiger partial charge in [0.25, 0.3) is 5.56 Å². The molecule has 0 spiro atoms. The monoisotopic (exact) mass is 317 g/mol. The molecule has 1 aliphatic heterocycles. The van der Waals surface area contributed by atoms with Crippen LogP contribution in [0.25, 0.3) is 0 Å². The molecule has 0 bridgehead atoms. The summed E-state index contributed by atoms with van der Waals surface area (Å²) >= 11 is 0. The molecule has 0 amide bonds. The SMILES string of the molecule is O=c1cc2c(nn1CC1CN(C3CCCCC3O)C1)CCCC2. The number of aromatic nitrogens is 2. The normalized spacial score (nSPS) is 29.1. The number of fused-ring (bicyclic) bond motifs is 1.